The van der Waals surface area contributed by atoms with Crippen LogP contribution in [0.4, 0.5) is 0 Å². The third-order valence-corrected chi connectivity index (χ3v) is 3.87. The van der Waals surface area contributed by atoms with Gasteiger partial charge in [0.1, 0.15) is 5.75 Å². The summed E-state index contributed by atoms with van der Waals surface area (Å²) < 4.78 is 0. The first-order valence-corrected chi connectivity index (χ1v) is 6.28. The van der Waals surface area contributed by atoms with Crippen molar-refractivity contribution in [3.8, 4) is 5.75 Å². The highest BCUT2D eigenvalue weighted by Gasteiger charge is 2.20. The third kappa shape index (κ3) is 1.79. The van der Waals surface area contributed by atoms with Crippen LogP contribution in [0.5, 0.6) is 5.75 Å². The number of nitrogens with zero attached hydrogens (tertiary/aromatic N) is 1. The van der Waals surface area contributed by atoms with Gasteiger partial charge in [-0.2, -0.15) is 0 Å². The summed E-state index contributed by atoms with van der Waals surface area (Å²) in [6.45, 7) is 3.25. The molecule has 2 heteroatoms. The Labute approximate surface area is 107 Å². The molecule has 1 aliphatic heterocycles. The van der Waals surface area contributed by atoms with Crippen LogP contribution in [0.25, 0.3) is 16.3 Å². The molecule has 92 valence electrons. The van der Waals surface area contributed by atoms with Crippen LogP contribution < -0.4 is 0 Å². The highest BCUT2D eigenvalue weighted by Crippen LogP contribution is 2.29. The van der Waals surface area contributed by atoms with Crippen molar-refractivity contribution in [3.05, 3.63) is 48.0 Å². The molecule has 1 atom stereocenters. The molecule has 1 unspecified atom stereocenters. The molecule has 2 nitrogen and oxygen atoms in total. The fourth-order valence-electron chi connectivity index (χ4n) is 2.58. The van der Waals surface area contributed by atoms with Crippen molar-refractivity contribution >= 4 is 16.3 Å². The van der Waals surface area contributed by atoms with Gasteiger partial charge in [0.05, 0.1) is 0 Å². The number of benzene rings is 2. The Morgan fingerprint density at radius 2 is 1.83 bits per heavy atom. The molecular weight excluding hydrogens is 222 g/mol. The summed E-state index contributed by atoms with van der Waals surface area (Å²) in [5.41, 5.74) is 2.68. The van der Waals surface area contributed by atoms with E-state index in [0.29, 0.717) is 11.8 Å². The van der Waals surface area contributed by atoms with Gasteiger partial charge in [-0.25, -0.2) is 0 Å². The van der Waals surface area contributed by atoms with Crippen molar-refractivity contribution in [2.75, 3.05) is 13.6 Å². The first-order chi connectivity index (χ1) is 8.65. The van der Waals surface area contributed by atoms with Crippen LogP contribution in [0.1, 0.15) is 12.5 Å². The summed E-state index contributed by atoms with van der Waals surface area (Å²) in [6.07, 6.45) is 2.30. The number of aromatic hydroxyl groups is 1. The maximum atomic E-state index is 9.47. The maximum absolute atomic E-state index is 9.47. The van der Waals surface area contributed by atoms with E-state index in [1.54, 1.807) is 12.1 Å². The lowest BCUT2D eigenvalue weighted by molar-refractivity contribution is 0.357. The molecule has 2 aromatic rings. The molecule has 3 rings (SSSR count). The van der Waals surface area contributed by atoms with E-state index in [9.17, 15) is 5.11 Å². The van der Waals surface area contributed by atoms with Gasteiger partial charge in [0.25, 0.3) is 0 Å². The minimum absolute atomic E-state index is 0.323. The zero-order valence-corrected chi connectivity index (χ0v) is 10.7. The Kier molecular flexibility index (Phi) is 2.60. The molecule has 0 aliphatic carbocycles. The Morgan fingerprint density at radius 3 is 2.56 bits per heavy atom. The molecular formula is C16H17NO. The lowest BCUT2D eigenvalue weighted by atomic mass is 9.98. The molecule has 0 amide bonds. The molecule has 0 saturated carbocycles. The smallest absolute Gasteiger partial charge is 0.116 e. The molecule has 0 spiro atoms. The largest absolute Gasteiger partial charge is 0.508 e. The van der Waals surface area contributed by atoms with Crippen LogP contribution >= 0.6 is 0 Å². The van der Waals surface area contributed by atoms with E-state index in [0.717, 1.165) is 11.9 Å². The predicted molar refractivity (Wildman–Crippen MR) is 75.7 cm³/mol. The number of phenolic OH excluding ortho intramolecular Hbond substituents is 1. The monoisotopic (exact) mass is 239 g/mol. The second kappa shape index (κ2) is 4.14. The molecule has 0 radical (unpaired) electrons. The van der Waals surface area contributed by atoms with E-state index >= 15 is 0 Å². The summed E-state index contributed by atoms with van der Waals surface area (Å²) in [7, 11) is 2.15. The summed E-state index contributed by atoms with van der Waals surface area (Å²) in [5, 5.41) is 11.7. The lowest BCUT2D eigenvalue weighted by Crippen LogP contribution is -2.24. The maximum Gasteiger partial charge on any atom is 0.116 e. The first kappa shape index (κ1) is 11.3. The van der Waals surface area contributed by atoms with E-state index in [4.69, 9.17) is 0 Å². The van der Waals surface area contributed by atoms with Crippen molar-refractivity contribution < 1.29 is 5.11 Å². The quantitative estimate of drug-likeness (QED) is 0.825. The molecule has 18 heavy (non-hydrogen) atoms. The van der Waals surface area contributed by atoms with Crippen molar-refractivity contribution in [1.82, 2.24) is 4.90 Å². The van der Waals surface area contributed by atoms with Gasteiger partial charge in [-0.15, -0.1) is 0 Å². The number of fused-ring (bicyclic) bond motifs is 1. The highest BCUT2D eigenvalue weighted by atomic mass is 16.3. The Bertz CT molecular complexity index is 630. The van der Waals surface area contributed by atoms with Gasteiger partial charge in [-0.1, -0.05) is 24.3 Å². The van der Waals surface area contributed by atoms with Crippen molar-refractivity contribution in [2.24, 2.45) is 0 Å². The molecule has 0 aromatic heterocycles. The van der Waals surface area contributed by atoms with Gasteiger partial charge >= 0.3 is 0 Å². The molecule has 2 aromatic carbocycles. The number of likely N-dealkylation sites (N-methyl/N-ethyl adjacent to an activating group) is 1. The van der Waals surface area contributed by atoms with Gasteiger partial charge in [0, 0.05) is 12.6 Å². The van der Waals surface area contributed by atoms with Crippen LogP contribution in [0, 0.1) is 0 Å². The number of rotatable bonds is 1. The van der Waals surface area contributed by atoms with E-state index in [1.807, 2.05) is 6.07 Å². The Hall–Kier alpha value is -1.80. The number of phenols is 1. The minimum Gasteiger partial charge on any atom is -0.508 e. The molecule has 1 N–H and O–H groups in total. The van der Waals surface area contributed by atoms with Crippen molar-refractivity contribution in [3.63, 3.8) is 0 Å². The molecule has 1 heterocycles. The number of hydrogen-bond acceptors (Lipinski definition) is 2. The van der Waals surface area contributed by atoms with Crippen LogP contribution in [0.15, 0.2) is 42.5 Å². The van der Waals surface area contributed by atoms with E-state index < -0.39 is 0 Å². The minimum atomic E-state index is 0.323. The molecule has 0 bridgehead atoms. The van der Waals surface area contributed by atoms with Gasteiger partial charge in [-0.3, -0.25) is 4.90 Å². The SMILES string of the molecule is CC1C(c2ccc3cc(O)ccc3c2)=CCN1C. The lowest BCUT2D eigenvalue weighted by Gasteiger charge is -2.18. The second-order valence-electron chi connectivity index (χ2n) is 5.02. The second-order valence-corrected chi connectivity index (χ2v) is 5.02. The summed E-state index contributed by atoms with van der Waals surface area (Å²) in [6, 6.07) is 12.4. The molecule has 1 aliphatic rings. The first-order valence-electron chi connectivity index (χ1n) is 6.28. The normalized spacial score (nSPS) is 20.3. The van der Waals surface area contributed by atoms with Crippen LogP contribution in [-0.2, 0) is 0 Å². The predicted octanol–water partition coefficient (Wildman–Crippen LogP) is 3.26. The molecule has 0 saturated heterocycles. The zero-order valence-electron chi connectivity index (χ0n) is 10.7. The average molecular weight is 239 g/mol. The standard InChI is InChI=1S/C16H17NO/c1-11-16(7-8-17(11)2)14-4-3-13-10-15(18)6-5-12(13)9-14/h3-7,9-11,18H,8H2,1-2H3. The third-order valence-electron chi connectivity index (χ3n) is 3.87. The van der Waals surface area contributed by atoms with E-state index in [2.05, 4.69) is 43.1 Å². The highest BCUT2D eigenvalue weighted by molar-refractivity contribution is 5.88. The number of hydrogen-bond donors (Lipinski definition) is 1. The fraction of sp³-hybridized carbons (Fsp3) is 0.250. The van der Waals surface area contributed by atoms with Crippen LogP contribution in [-0.4, -0.2) is 29.6 Å². The average Bonchev–Trinajstić information content (AvgIpc) is 2.69. The Balaban J connectivity index is 2.07. The topological polar surface area (TPSA) is 23.5 Å². The van der Waals surface area contributed by atoms with Crippen LogP contribution in [0.2, 0.25) is 0 Å². The Morgan fingerprint density at radius 1 is 1.11 bits per heavy atom. The van der Waals surface area contributed by atoms with E-state index in [-0.39, 0.29) is 0 Å². The summed E-state index contributed by atoms with van der Waals surface area (Å²) in [4.78, 5) is 2.33. The van der Waals surface area contributed by atoms with Crippen molar-refractivity contribution in [1.29, 1.82) is 0 Å². The van der Waals surface area contributed by atoms with Crippen molar-refractivity contribution in [2.45, 2.75) is 13.0 Å². The van der Waals surface area contributed by atoms with Gasteiger partial charge in [-0.05, 0) is 54.1 Å². The zero-order chi connectivity index (χ0) is 12.7. The van der Waals surface area contributed by atoms with E-state index in [1.165, 1.54) is 16.5 Å². The summed E-state index contributed by atoms with van der Waals surface area (Å²) >= 11 is 0. The summed E-state index contributed by atoms with van der Waals surface area (Å²) in [5.74, 6) is 0.323. The van der Waals surface area contributed by atoms with Gasteiger partial charge in [0.2, 0.25) is 0 Å². The van der Waals surface area contributed by atoms with Crippen LogP contribution in [0.3, 0.4) is 0 Å². The fourth-order valence-corrected chi connectivity index (χ4v) is 2.58. The van der Waals surface area contributed by atoms with Gasteiger partial charge < -0.3 is 5.11 Å². The molecule has 0 fully saturated rings. The van der Waals surface area contributed by atoms with Gasteiger partial charge in [0.15, 0.2) is 0 Å².